The van der Waals surface area contributed by atoms with E-state index in [9.17, 15) is 18.0 Å². The molecule has 0 atom stereocenters. The molecule has 3 aromatic heterocycles. The summed E-state index contributed by atoms with van der Waals surface area (Å²) in [4.78, 5) is 20.3. The number of carbonyl (C=O) groups is 1. The molecular formula is C18H18F3N5O2. The van der Waals surface area contributed by atoms with Gasteiger partial charge in [-0.05, 0) is 25.5 Å². The minimum atomic E-state index is -4.41. The third-order valence-corrected chi connectivity index (χ3v) is 3.64. The first-order valence-corrected chi connectivity index (χ1v) is 8.49. The summed E-state index contributed by atoms with van der Waals surface area (Å²) in [5.74, 6) is -0.392. The number of alkyl halides is 3. The number of nitrogens with one attached hydrogen (secondary N) is 1. The van der Waals surface area contributed by atoms with Crippen molar-refractivity contribution in [3.05, 3.63) is 48.0 Å². The van der Waals surface area contributed by atoms with Crippen LogP contribution in [-0.2, 0) is 6.54 Å². The van der Waals surface area contributed by atoms with Crippen LogP contribution < -0.4 is 10.1 Å². The molecule has 1 amide bonds. The van der Waals surface area contributed by atoms with Crippen molar-refractivity contribution in [1.82, 2.24) is 25.1 Å². The van der Waals surface area contributed by atoms with Gasteiger partial charge >= 0.3 is 6.18 Å². The van der Waals surface area contributed by atoms with E-state index in [1.165, 1.54) is 18.5 Å². The van der Waals surface area contributed by atoms with Crippen LogP contribution >= 0.6 is 0 Å². The maximum absolute atomic E-state index is 12.3. The van der Waals surface area contributed by atoms with Crippen molar-refractivity contribution in [2.45, 2.75) is 32.6 Å². The van der Waals surface area contributed by atoms with Crippen LogP contribution in [0.15, 0.2) is 36.8 Å². The number of carbonyl (C=O) groups excluding carboxylic acids is 1. The fraction of sp³-hybridized carbons (Fsp3) is 0.333. The fourth-order valence-electron chi connectivity index (χ4n) is 2.52. The maximum Gasteiger partial charge on any atom is 0.422 e. The van der Waals surface area contributed by atoms with Gasteiger partial charge in [0.15, 0.2) is 6.61 Å². The van der Waals surface area contributed by atoms with Crippen LogP contribution in [0.1, 0.15) is 29.9 Å². The van der Waals surface area contributed by atoms with Crippen LogP contribution in [0.2, 0.25) is 0 Å². The first-order valence-electron chi connectivity index (χ1n) is 8.49. The molecule has 7 nitrogen and oxygen atoms in total. The molecule has 0 unspecified atom stereocenters. The number of ether oxygens (including phenoxy) is 1. The van der Waals surface area contributed by atoms with E-state index in [-0.39, 0.29) is 23.5 Å². The summed E-state index contributed by atoms with van der Waals surface area (Å²) >= 11 is 0. The largest absolute Gasteiger partial charge is 0.468 e. The number of fused-ring (bicyclic) bond motifs is 1. The molecule has 3 aromatic rings. The normalized spacial score (nSPS) is 11.8. The minimum Gasteiger partial charge on any atom is -0.468 e. The van der Waals surface area contributed by atoms with Crippen molar-refractivity contribution in [3.63, 3.8) is 0 Å². The smallest absolute Gasteiger partial charge is 0.422 e. The number of aromatic nitrogens is 4. The van der Waals surface area contributed by atoms with E-state index in [0.717, 1.165) is 0 Å². The molecule has 0 bridgehead atoms. The van der Waals surface area contributed by atoms with Crippen LogP contribution in [0.5, 0.6) is 5.88 Å². The van der Waals surface area contributed by atoms with Crippen molar-refractivity contribution in [1.29, 1.82) is 0 Å². The molecule has 28 heavy (non-hydrogen) atoms. The molecule has 0 aromatic carbocycles. The lowest BCUT2D eigenvalue weighted by Crippen LogP contribution is -2.30. The quantitative estimate of drug-likeness (QED) is 0.696. The van der Waals surface area contributed by atoms with Crippen LogP contribution in [0.25, 0.3) is 10.9 Å². The molecule has 3 heterocycles. The number of nitrogens with zero attached hydrogens (tertiary/aromatic N) is 4. The molecule has 3 rings (SSSR count). The number of hydrogen-bond donors (Lipinski definition) is 1. The van der Waals surface area contributed by atoms with Gasteiger partial charge in [0.05, 0.1) is 17.4 Å². The fourth-order valence-corrected chi connectivity index (χ4v) is 2.52. The van der Waals surface area contributed by atoms with Gasteiger partial charge in [0.2, 0.25) is 5.88 Å². The van der Waals surface area contributed by atoms with Gasteiger partial charge in [0.25, 0.3) is 5.91 Å². The molecule has 0 radical (unpaired) electrons. The Balaban J connectivity index is 1.75. The Hall–Kier alpha value is -3.17. The van der Waals surface area contributed by atoms with Crippen LogP contribution in [0.4, 0.5) is 13.2 Å². The maximum atomic E-state index is 12.3. The Bertz CT molecular complexity index is 968. The summed E-state index contributed by atoms with van der Waals surface area (Å²) in [7, 11) is 0. The number of hydrogen-bond acceptors (Lipinski definition) is 5. The number of rotatable bonds is 6. The topological polar surface area (TPSA) is 81.9 Å². The van der Waals surface area contributed by atoms with Crippen molar-refractivity contribution < 1.29 is 22.7 Å². The van der Waals surface area contributed by atoms with Crippen molar-refractivity contribution >= 4 is 16.8 Å². The van der Waals surface area contributed by atoms with Gasteiger partial charge in [-0.15, -0.1) is 0 Å². The Kier molecular flexibility index (Phi) is 5.48. The van der Waals surface area contributed by atoms with Crippen LogP contribution in [0.3, 0.4) is 0 Å². The molecule has 0 saturated carbocycles. The first kappa shape index (κ1) is 19.6. The zero-order valence-electron chi connectivity index (χ0n) is 15.2. The SMILES string of the molecule is CC(C)NC(=O)c1nccc2nn(Cc3ccc(OCC(F)(F)F)nc3)cc12. The molecular weight excluding hydrogens is 375 g/mol. The Morgan fingerprint density at radius 3 is 2.68 bits per heavy atom. The highest BCUT2D eigenvalue weighted by Crippen LogP contribution is 2.19. The van der Waals surface area contributed by atoms with E-state index in [4.69, 9.17) is 0 Å². The van der Waals surface area contributed by atoms with E-state index in [2.05, 4.69) is 25.1 Å². The molecule has 0 aliphatic rings. The third kappa shape index (κ3) is 4.96. The van der Waals surface area contributed by atoms with Gasteiger partial charge in [-0.1, -0.05) is 6.07 Å². The lowest BCUT2D eigenvalue weighted by molar-refractivity contribution is -0.154. The Labute approximate surface area is 158 Å². The average molecular weight is 393 g/mol. The molecule has 1 N–H and O–H groups in total. The average Bonchev–Trinajstić information content (AvgIpc) is 3.02. The minimum absolute atomic E-state index is 0.0243. The molecule has 0 spiro atoms. The van der Waals surface area contributed by atoms with Gasteiger partial charge in [0.1, 0.15) is 5.69 Å². The molecule has 148 valence electrons. The lowest BCUT2D eigenvalue weighted by atomic mass is 10.2. The van der Waals surface area contributed by atoms with Gasteiger partial charge in [0, 0.05) is 30.7 Å². The highest BCUT2D eigenvalue weighted by atomic mass is 19.4. The second kappa shape index (κ2) is 7.83. The van der Waals surface area contributed by atoms with E-state index in [0.29, 0.717) is 23.0 Å². The predicted molar refractivity (Wildman–Crippen MR) is 95.0 cm³/mol. The summed E-state index contributed by atoms with van der Waals surface area (Å²) in [6, 6.07) is 4.65. The van der Waals surface area contributed by atoms with Crippen LogP contribution in [0, 0.1) is 0 Å². The van der Waals surface area contributed by atoms with E-state index < -0.39 is 12.8 Å². The van der Waals surface area contributed by atoms with Gasteiger partial charge in [-0.25, -0.2) is 4.98 Å². The standard InChI is InChI=1S/C18H18F3N5O2/c1-11(2)24-17(27)16-13-9-26(25-14(13)5-6-22-16)8-12-3-4-15(23-7-12)28-10-18(19,20)21/h3-7,9,11H,8,10H2,1-2H3,(H,24,27). The van der Waals surface area contributed by atoms with Crippen molar-refractivity contribution in [3.8, 4) is 5.88 Å². The number of halogens is 3. The zero-order chi connectivity index (χ0) is 20.3. The van der Waals surface area contributed by atoms with E-state index in [1.54, 1.807) is 23.0 Å². The zero-order valence-corrected chi connectivity index (χ0v) is 15.2. The van der Waals surface area contributed by atoms with Gasteiger partial charge in [-0.2, -0.15) is 18.3 Å². The van der Waals surface area contributed by atoms with E-state index in [1.807, 2.05) is 13.8 Å². The first-order chi connectivity index (χ1) is 13.2. The monoisotopic (exact) mass is 393 g/mol. The molecule has 10 heteroatoms. The summed E-state index contributed by atoms with van der Waals surface area (Å²) in [6.45, 7) is 2.65. The number of amides is 1. The predicted octanol–water partition coefficient (Wildman–Crippen LogP) is 2.95. The van der Waals surface area contributed by atoms with Crippen molar-refractivity contribution in [2.24, 2.45) is 0 Å². The Morgan fingerprint density at radius 1 is 1.25 bits per heavy atom. The second-order valence-corrected chi connectivity index (χ2v) is 6.46. The summed E-state index contributed by atoms with van der Waals surface area (Å²) in [6.07, 6.45) is 0.223. The number of pyridine rings is 2. The van der Waals surface area contributed by atoms with Crippen LogP contribution in [-0.4, -0.2) is 44.5 Å². The second-order valence-electron chi connectivity index (χ2n) is 6.46. The van der Waals surface area contributed by atoms with Crippen molar-refractivity contribution in [2.75, 3.05) is 6.61 Å². The van der Waals surface area contributed by atoms with Gasteiger partial charge < -0.3 is 10.1 Å². The summed E-state index contributed by atoms with van der Waals surface area (Å²) in [5, 5.41) is 7.82. The highest BCUT2D eigenvalue weighted by Gasteiger charge is 2.28. The highest BCUT2D eigenvalue weighted by molar-refractivity contribution is 6.04. The third-order valence-electron chi connectivity index (χ3n) is 3.64. The summed E-state index contributed by atoms with van der Waals surface area (Å²) < 4.78 is 42.7. The van der Waals surface area contributed by atoms with Gasteiger partial charge in [-0.3, -0.25) is 14.5 Å². The summed E-state index contributed by atoms with van der Waals surface area (Å²) in [5.41, 5.74) is 1.61. The molecule has 0 aliphatic heterocycles. The molecule has 0 fully saturated rings. The Morgan fingerprint density at radius 2 is 2.04 bits per heavy atom. The lowest BCUT2D eigenvalue weighted by Gasteiger charge is -2.08. The molecule has 0 aliphatic carbocycles. The molecule has 0 saturated heterocycles. The van der Waals surface area contributed by atoms with E-state index >= 15 is 0 Å².